The highest BCUT2D eigenvalue weighted by Gasteiger charge is 2.21. The molecule has 2 rings (SSSR count). The smallest absolute Gasteiger partial charge is 0.326 e. The maximum absolute atomic E-state index is 11.1. The van der Waals surface area contributed by atoms with Crippen molar-refractivity contribution in [1.29, 1.82) is 0 Å². The van der Waals surface area contributed by atoms with E-state index in [9.17, 15) is 4.79 Å². The van der Waals surface area contributed by atoms with Crippen molar-refractivity contribution in [3.63, 3.8) is 0 Å². The molecule has 0 aliphatic rings. The number of fused-ring (bicyclic) bond motifs is 1. The van der Waals surface area contributed by atoms with E-state index in [1.54, 1.807) is 18.9 Å². The number of thiocarbonyl (C=S) groups is 1. The average molecular weight is 352 g/mol. The molecule has 2 aromatic rings. The lowest BCUT2D eigenvalue weighted by Crippen LogP contribution is -2.39. The molecular weight excluding hydrogens is 338 g/mol. The number of hydrogen-bond donors (Lipinski definition) is 1. The summed E-state index contributed by atoms with van der Waals surface area (Å²) in [4.78, 5) is 13.2. The van der Waals surface area contributed by atoms with Crippen LogP contribution < -0.4 is 0 Å². The van der Waals surface area contributed by atoms with Gasteiger partial charge in [-0.05, 0) is 23.8 Å². The lowest BCUT2D eigenvalue weighted by molar-refractivity contribution is -0.140. The lowest BCUT2D eigenvalue weighted by atomic mass is 10.0. The van der Waals surface area contributed by atoms with Gasteiger partial charge < -0.3 is 10.0 Å². The normalized spacial score (nSPS) is 12.2. The number of carboxylic acids is 1. The molecule has 20 heavy (non-hydrogen) atoms. The van der Waals surface area contributed by atoms with Gasteiger partial charge in [0.25, 0.3) is 0 Å². The molecule has 0 spiro atoms. The topological polar surface area (TPSA) is 40.5 Å². The molecule has 0 aromatic heterocycles. The molecule has 0 radical (unpaired) electrons. The number of nitrogens with zero attached hydrogens (tertiary/aromatic N) is 1. The van der Waals surface area contributed by atoms with E-state index in [2.05, 4.69) is 15.9 Å². The fourth-order valence-corrected chi connectivity index (χ4v) is 2.82. The van der Waals surface area contributed by atoms with E-state index in [1.165, 1.54) is 0 Å². The maximum atomic E-state index is 11.1. The molecule has 0 aliphatic carbocycles. The van der Waals surface area contributed by atoms with Gasteiger partial charge in [0.2, 0.25) is 0 Å². The number of carboxylic acid groups (broad SMARTS) is 1. The van der Waals surface area contributed by atoms with Crippen LogP contribution in [-0.4, -0.2) is 34.1 Å². The van der Waals surface area contributed by atoms with E-state index in [1.807, 2.05) is 36.4 Å². The zero-order valence-electron chi connectivity index (χ0n) is 11.1. The second kappa shape index (κ2) is 5.89. The van der Waals surface area contributed by atoms with Crippen LogP contribution in [0.25, 0.3) is 10.8 Å². The Labute approximate surface area is 131 Å². The number of benzene rings is 2. The zero-order valence-corrected chi connectivity index (χ0v) is 13.5. The van der Waals surface area contributed by atoms with Gasteiger partial charge in [-0.3, -0.25) is 0 Å². The first-order valence-electron chi connectivity index (χ1n) is 6.10. The summed E-state index contributed by atoms with van der Waals surface area (Å²) in [6, 6.07) is 11.1. The Morgan fingerprint density at radius 2 is 1.85 bits per heavy atom. The number of rotatable bonds is 3. The summed E-state index contributed by atoms with van der Waals surface area (Å²) in [6.45, 7) is 1.62. The Morgan fingerprint density at radius 3 is 2.50 bits per heavy atom. The summed E-state index contributed by atoms with van der Waals surface area (Å²) in [5.74, 6) is -0.892. The molecule has 3 nitrogen and oxygen atoms in total. The zero-order chi connectivity index (χ0) is 14.9. The van der Waals surface area contributed by atoms with Gasteiger partial charge in [-0.25, -0.2) is 4.79 Å². The SMILES string of the molecule is C[C@@H](C(=O)O)N(C)C(=S)c1cccc2c(Br)cccc12. The summed E-state index contributed by atoms with van der Waals surface area (Å²) in [6.07, 6.45) is 0. The molecule has 1 atom stereocenters. The minimum Gasteiger partial charge on any atom is -0.480 e. The third-order valence-electron chi connectivity index (χ3n) is 3.36. The van der Waals surface area contributed by atoms with Gasteiger partial charge >= 0.3 is 5.97 Å². The van der Waals surface area contributed by atoms with Gasteiger partial charge in [-0.2, -0.15) is 0 Å². The first-order chi connectivity index (χ1) is 9.43. The van der Waals surface area contributed by atoms with Crippen molar-refractivity contribution >= 4 is 49.9 Å². The van der Waals surface area contributed by atoms with Crippen molar-refractivity contribution in [2.75, 3.05) is 7.05 Å². The van der Waals surface area contributed by atoms with Gasteiger partial charge in [-0.15, -0.1) is 0 Å². The molecule has 0 fully saturated rings. The number of carbonyl (C=O) groups is 1. The van der Waals surface area contributed by atoms with Crippen molar-refractivity contribution in [2.45, 2.75) is 13.0 Å². The number of aliphatic carboxylic acids is 1. The Bertz CT molecular complexity index is 687. The highest BCUT2D eigenvalue weighted by Crippen LogP contribution is 2.27. The van der Waals surface area contributed by atoms with E-state index in [0.717, 1.165) is 20.8 Å². The Morgan fingerprint density at radius 1 is 1.25 bits per heavy atom. The van der Waals surface area contributed by atoms with E-state index in [4.69, 9.17) is 17.3 Å². The van der Waals surface area contributed by atoms with E-state index in [-0.39, 0.29) is 0 Å². The predicted molar refractivity (Wildman–Crippen MR) is 88.2 cm³/mol. The van der Waals surface area contributed by atoms with Gasteiger partial charge in [0.1, 0.15) is 11.0 Å². The quantitative estimate of drug-likeness (QED) is 0.856. The monoisotopic (exact) mass is 351 g/mol. The highest BCUT2D eigenvalue weighted by molar-refractivity contribution is 9.10. The van der Waals surface area contributed by atoms with Crippen molar-refractivity contribution < 1.29 is 9.90 Å². The predicted octanol–water partition coefficient (Wildman–Crippen LogP) is 3.68. The van der Waals surface area contributed by atoms with Crippen LogP contribution >= 0.6 is 28.1 Å². The average Bonchev–Trinajstić information content (AvgIpc) is 2.44. The number of likely N-dealkylation sites (N-methyl/N-ethyl adjacent to an activating group) is 1. The van der Waals surface area contributed by atoms with Crippen LogP contribution in [0, 0.1) is 0 Å². The Hall–Kier alpha value is -1.46. The van der Waals surface area contributed by atoms with Crippen LogP contribution in [0.15, 0.2) is 40.9 Å². The van der Waals surface area contributed by atoms with Crippen LogP contribution in [-0.2, 0) is 4.79 Å². The van der Waals surface area contributed by atoms with Gasteiger partial charge in [-0.1, -0.05) is 58.5 Å². The summed E-state index contributed by atoms with van der Waals surface area (Å²) in [7, 11) is 1.71. The first kappa shape index (κ1) is 14.9. The molecule has 0 saturated carbocycles. The summed E-state index contributed by atoms with van der Waals surface area (Å²) in [5, 5.41) is 11.2. The standard InChI is InChI=1S/C15H14BrNO2S/c1-9(15(18)19)17(2)14(20)12-7-3-6-11-10(12)5-4-8-13(11)16/h3-9H,1-2H3,(H,18,19)/t9-/m0/s1. The number of hydrogen-bond acceptors (Lipinski definition) is 2. The van der Waals surface area contributed by atoms with E-state index >= 15 is 0 Å². The molecule has 0 heterocycles. The minimum atomic E-state index is -0.892. The van der Waals surface area contributed by atoms with Crippen molar-refractivity contribution in [1.82, 2.24) is 4.90 Å². The molecule has 0 bridgehead atoms. The molecule has 0 unspecified atom stereocenters. The second-order valence-electron chi connectivity index (χ2n) is 4.57. The number of halogens is 1. The molecule has 1 N–H and O–H groups in total. The summed E-state index contributed by atoms with van der Waals surface area (Å²) >= 11 is 8.98. The minimum absolute atomic E-state index is 0.531. The fourth-order valence-electron chi connectivity index (χ4n) is 1.99. The summed E-state index contributed by atoms with van der Waals surface area (Å²) in [5.41, 5.74) is 0.870. The fraction of sp³-hybridized carbons (Fsp3) is 0.200. The highest BCUT2D eigenvalue weighted by atomic mass is 79.9. The Kier molecular flexibility index (Phi) is 4.40. The Balaban J connectivity index is 2.51. The molecule has 104 valence electrons. The van der Waals surface area contributed by atoms with Crippen LogP contribution in [0.1, 0.15) is 12.5 Å². The van der Waals surface area contributed by atoms with Gasteiger partial charge in [0.15, 0.2) is 0 Å². The van der Waals surface area contributed by atoms with Crippen LogP contribution in [0.4, 0.5) is 0 Å². The van der Waals surface area contributed by atoms with Gasteiger partial charge in [0, 0.05) is 17.1 Å². The molecular formula is C15H14BrNO2S. The van der Waals surface area contributed by atoms with Crippen LogP contribution in [0.3, 0.4) is 0 Å². The van der Waals surface area contributed by atoms with Crippen molar-refractivity contribution in [3.05, 3.63) is 46.4 Å². The van der Waals surface area contributed by atoms with E-state index < -0.39 is 12.0 Å². The molecule has 2 aromatic carbocycles. The maximum Gasteiger partial charge on any atom is 0.326 e. The van der Waals surface area contributed by atoms with Crippen molar-refractivity contribution in [2.24, 2.45) is 0 Å². The van der Waals surface area contributed by atoms with Crippen LogP contribution in [0.5, 0.6) is 0 Å². The summed E-state index contributed by atoms with van der Waals surface area (Å²) < 4.78 is 0.994. The molecule has 0 aliphatic heterocycles. The molecule has 0 amide bonds. The molecule has 0 saturated heterocycles. The van der Waals surface area contributed by atoms with Crippen LogP contribution in [0.2, 0.25) is 0 Å². The van der Waals surface area contributed by atoms with Gasteiger partial charge in [0.05, 0.1) is 0 Å². The molecule has 5 heteroatoms. The third kappa shape index (κ3) is 2.69. The van der Waals surface area contributed by atoms with E-state index in [0.29, 0.717) is 4.99 Å². The second-order valence-corrected chi connectivity index (χ2v) is 5.81. The third-order valence-corrected chi connectivity index (χ3v) is 4.56. The lowest BCUT2D eigenvalue weighted by Gasteiger charge is -2.25. The first-order valence-corrected chi connectivity index (χ1v) is 7.31. The van der Waals surface area contributed by atoms with Crippen molar-refractivity contribution in [3.8, 4) is 0 Å². The largest absolute Gasteiger partial charge is 0.480 e.